The highest BCUT2D eigenvalue weighted by atomic mass is 16.5. The lowest BCUT2D eigenvalue weighted by atomic mass is 9.75. The highest BCUT2D eigenvalue weighted by molar-refractivity contribution is 6.05. The molecule has 1 aromatic carbocycles. The number of para-hydroxylation sites is 1. The number of carbonyl (C=O) groups is 1. The van der Waals surface area contributed by atoms with Crippen LogP contribution < -0.4 is 10.1 Å². The predicted molar refractivity (Wildman–Crippen MR) is 100 cm³/mol. The summed E-state index contributed by atoms with van der Waals surface area (Å²) in [6.07, 6.45) is 4.33. The summed E-state index contributed by atoms with van der Waals surface area (Å²) >= 11 is 0. The van der Waals surface area contributed by atoms with Gasteiger partial charge in [-0.1, -0.05) is 18.2 Å². The number of aromatic nitrogens is 3. The molecule has 0 bridgehead atoms. The SMILES string of the molecule is COc1cncc([C@@H](NC(=O)c2nn(C)c3ccccc23)C2CC(O)C2)c1. The zero-order valence-electron chi connectivity index (χ0n) is 15.3. The first kappa shape index (κ1) is 17.5. The predicted octanol–water partition coefficient (Wildman–Crippen LogP) is 2.22. The number of benzene rings is 1. The van der Waals surface area contributed by atoms with E-state index in [9.17, 15) is 9.90 Å². The fourth-order valence-electron chi connectivity index (χ4n) is 3.68. The summed E-state index contributed by atoms with van der Waals surface area (Å²) in [5, 5.41) is 18.1. The minimum absolute atomic E-state index is 0.146. The van der Waals surface area contributed by atoms with Crippen molar-refractivity contribution in [2.45, 2.75) is 25.0 Å². The highest BCUT2D eigenvalue weighted by Crippen LogP contribution is 2.38. The Morgan fingerprint density at radius 3 is 2.85 bits per heavy atom. The molecule has 1 fully saturated rings. The third-order valence-electron chi connectivity index (χ3n) is 5.21. The van der Waals surface area contributed by atoms with E-state index >= 15 is 0 Å². The van der Waals surface area contributed by atoms with Crippen LogP contribution in [-0.2, 0) is 7.05 Å². The number of pyridine rings is 1. The van der Waals surface area contributed by atoms with Gasteiger partial charge in [-0.15, -0.1) is 0 Å². The maximum Gasteiger partial charge on any atom is 0.272 e. The van der Waals surface area contributed by atoms with Gasteiger partial charge in [0.1, 0.15) is 5.75 Å². The van der Waals surface area contributed by atoms with Crippen LogP contribution in [0.5, 0.6) is 5.75 Å². The summed E-state index contributed by atoms with van der Waals surface area (Å²) in [6, 6.07) is 9.26. The third-order valence-corrected chi connectivity index (χ3v) is 5.21. The van der Waals surface area contributed by atoms with Gasteiger partial charge in [0.2, 0.25) is 0 Å². The van der Waals surface area contributed by atoms with Gasteiger partial charge in [0.05, 0.1) is 31.0 Å². The molecule has 27 heavy (non-hydrogen) atoms. The van der Waals surface area contributed by atoms with Gasteiger partial charge in [-0.25, -0.2) is 0 Å². The number of aliphatic hydroxyl groups is 1. The fraction of sp³-hybridized carbons (Fsp3) is 0.350. The molecule has 0 radical (unpaired) electrons. The number of hydrogen-bond acceptors (Lipinski definition) is 5. The molecule has 7 heteroatoms. The van der Waals surface area contributed by atoms with Crippen molar-refractivity contribution in [2.75, 3.05) is 7.11 Å². The van der Waals surface area contributed by atoms with E-state index in [1.807, 2.05) is 37.4 Å². The molecule has 1 atom stereocenters. The number of hydrogen-bond donors (Lipinski definition) is 2. The normalized spacial score (nSPS) is 20.1. The summed E-state index contributed by atoms with van der Waals surface area (Å²) in [6.45, 7) is 0. The molecule has 2 N–H and O–H groups in total. The van der Waals surface area contributed by atoms with Crippen LogP contribution in [0.25, 0.3) is 10.9 Å². The van der Waals surface area contributed by atoms with Crippen LogP contribution in [-0.4, -0.2) is 39.0 Å². The molecule has 1 aliphatic rings. The van der Waals surface area contributed by atoms with Crippen LogP contribution in [0.1, 0.15) is 34.9 Å². The van der Waals surface area contributed by atoms with Gasteiger partial charge in [0.15, 0.2) is 5.69 Å². The lowest BCUT2D eigenvalue weighted by Crippen LogP contribution is -2.41. The molecular weight excluding hydrogens is 344 g/mol. The Kier molecular flexibility index (Phi) is 4.53. The number of carbonyl (C=O) groups excluding carboxylic acids is 1. The summed E-state index contributed by atoms with van der Waals surface area (Å²) in [5.41, 5.74) is 2.16. The number of aryl methyl sites for hydroxylation is 1. The Labute approximate surface area is 157 Å². The lowest BCUT2D eigenvalue weighted by Gasteiger charge is -2.38. The van der Waals surface area contributed by atoms with Crippen molar-refractivity contribution >= 4 is 16.8 Å². The second-order valence-corrected chi connectivity index (χ2v) is 6.98. The number of fused-ring (bicyclic) bond motifs is 1. The quantitative estimate of drug-likeness (QED) is 0.723. The number of rotatable bonds is 5. The highest BCUT2D eigenvalue weighted by Gasteiger charge is 2.36. The van der Waals surface area contributed by atoms with Gasteiger partial charge in [0, 0.05) is 18.6 Å². The van der Waals surface area contributed by atoms with Crippen molar-refractivity contribution in [3.05, 3.63) is 54.0 Å². The Hall–Kier alpha value is -2.93. The van der Waals surface area contributed by atoms with Gasteiger partial charge in [0.25, 0.3) is 5.91 Å². The van der Waals surface area contributed by atoms with Crippen LogP contribution in [0.15, 0.2) is 42.7 Å². The van der Waals surface area contributed by atoms with Crippen molar-refractivity contribution in [1.29, 1.82) is 0 Å². The topological polar surface area (TPSA) is 89.3 Å². The maximum absolute atomic E-state index is 13.0. The van der Waals surface area contributed by atoms with Crippen LogP contribution in [0, 0.1) is 5.92 Å². The van der Waals surface area contributed by atoms with E-state index in [4.69, 9.17) is 4.74 Å². The second kappa shape index (κ2) is 7.00. The smallest absolute Gasteiger partial charge is 0.272 e. The minimum Gasteiger partial charge on any atom is -0.495 e. The van der Waals surface area contributed by atoms with Crippen LogP contribution in [0.3, 0.4) is 0 Å². The number of aliphatic hydroxyl groups excluding tert-OH is 1. The van der Waals surface area contributed by atoms with E-state index < -0.39 is 0 Å². The molecule has 7 nitrogen and oxygen atoms in total. The number of nitrogens with zero attached hydrogens (tertiary/aromatic N) is 3. The van der Waals surface area contributed by atoms with Crippen LogP contribution in [0.2, 0.25) is 0 Å². The molecular formula is C20H22N4O3. The molecule has 1 aliphatic carbocycles. The first-order valence-electron chi connectivity index (χ1n) is 8.96. The number of ether oxygens (including phenoxy) is 1. The van der Waals surface area contributed by atoms with E-state index in [2.05, 4.69) is 15.4 Å². The largest absolute Gasteiger partial charge is 0.495 e. The summed E-state index contributed by atoms with van der Waals surface area (Å²) in [5.74, 6) is 0.545. The van der Waals surface area contributed by atoms with Crippen LogP contribution >= 0.6 is 0 Å². The summed E-state index contributed by atoms with van der Waals surface area (Å²) < 4.78 is 6.98. The Bertz CT molecular complexity index is 978. The van der Waals surface area contributed by atoms with Gasteiger partial charge in [-0.05, 0) is 36.5 Å². The third kappa shape index (κ3) is 3.26. The van der Waals surface area contributed by atoms with E-state index in [1.165, 1.54) is 0 Å². The molecule has 0 saturated heterocycles. The van der Waals surface area contributed by atoms with E-state index in [0.717, 1.165) is 16.5 Å². The second-order valence-electron chi connectivity index (χ2n) is 6.98. The molecule has 0 spiro atoms. The monoisotopic (exact) mass is 366 g/mol. The number of amides is 1. The maximum atomic E-state index is 13.0. The average molecular weight is 366 g/mol. The van der Waals surface area contributed by atoms with E-state index in [-0.39, 0.29) is 24.0 Å². The first-order valence-corrected chi connectivity index (χ1v) is 8.96. The molecule has 2 heterocycles. The van der Waals surface area contributed by atoms with E-state index in [1.54, 1.807) is 24.2 Å². The van der Waals surface area contributed by atoms with Crippen molar-refractivity contribution in [1.82, 2.24) is 20.1 Å². The van der Waals surface area contributed by atoms with Gasteiger partial charge in [-0.2, -0.15) is 5.10 Å². The Morgan fingerprint density at radius 2 is 2.11 bits per heavy atom. The fourth-order valence-corrected chi connectivity index (χ4v) is 3.68. The molecule has 3 aromatic rings. The summed E-state index contributed by atoms with van der Waals surface area (Å²) in [7, 11) is 3.41. The Morgan fingerprint density at radius 1 is 1.33 bits per heavy atom. The molecule has 4 rings (SSSR count). The average Bonchev–Trinajstić information content (AvgIpc) is 3.01. The van der Waals surface area contributed by atoms with Crippen molar-refractivity contribution in [3.8, 4) is 5.75 Å². The molecule has 0 unspecified atom stereocenters. The van der Waals surface area contributed by atoms with Gasteiger partial charge >= 0.3 is 0 Å². The molecule has 0 aliphatic heterocycles. The molecule has 1 saturated carbocycles. The minimum atomic E-state index is -0.316. The molecule has 1 amide bonds. The lowest BCUT2D eigenvalue weighted by molar-refractivity contribution is 0.0234. The zero-order chi connectivity index (χ0) is 19.0. The van der Waals surface area contributed by atoms with Gasteiger partial charge in [-0.3, -0.25) is 14.5 Å². The number of methoxy groups -OCH3 is 1. The molecule has 140 valence electrons. The van der Waals surface area contributed by atoms with Gasteiger partial charge < -0.3 is 15.2 Å². The summed E-state index contributed by atoms with van der Waals surface area (Å²) in [4.78, 5) is 17.2. The number of nitrogens with one attached hydrogen (secondary N) is 1. The molecule has 2 aromatic heterocycles. The first-order chi connectivity index (χ1) is 13.1. The standard InChI is InChI=1S/C20H22N4O3/c1-24-17-6-4-3-5-16(17)19(23-24)20(26)22-18(12-7-14(25)8-12)13-9-15(27-2)11-21-10-13/h3-6,9-12,14,18,25H,7-8H2,1-2H3,(H,22,26)/t12?,14?,18-/m0/s1. The van der Waals surface area contributed by atoms with Crippen molar-refractivity contribution in [3.63, 3.8) is 0 Å². The van der Waals surface area contributed by atoms with Crippen molar-refractivity contribution < 1.29 is 14.6 Å². The Balaban J connectivity index is 1.65. The van der Waals surface area contributed by atoms with Crippen molar-refractivity contribution in [2.24, 2.45) is 13.0 Å². The van der Waals surface area contributed by atoms with Crippen LogP contribution in [0.4, 0.5) is 0 Å². The van der Waals surface area contributed by atoms with E-state index in [0.29, 0.717) is 24.3 Å². The zero-order valence-corrected chi connectivity index (χ0v) is 15.3.